The number of hydrogen-bond acceptors (Lipinski definition) is 4. The number of carbonyl (C=O) groups is 1. The molecule has 9 heteroatoms. The van der Waals surface area contributed by atoms with E-state index in [1.165, 1.54) is 30.3 Å². The smallest absolute Gasteiger partial charge is 0.420 e. The van der Waals surface area contributed by atoms with E-state index in [1.54, 1.807) is 13.1 Å². The lowest BCUT2D eigenvalue weighted by Crippen LogP contribution is -2.16. The molecule has 0 radical (unpaired) electrons. The van der Waals surface area contributed by atoms with Crippen LogP contribution in [0.15, 0.2) is 40.9 Å². The van der Waals surface area contributed by atoms with E-state index < -0.39 is 11.5 Å². The first-order valence-electron chi connectivity index (χ1n) is 6.63. The molecule has 0 saturated heterocycles. The van der Waals surface area contributed by atoms with E-state index in [4.69, 9.17) is 5.73 Å². The van der Waals surface area contributed by atoms with Gasteiger partial charge in [-0.2, -0.15) is 0 Å². The number of nitrogens with two attached hydrogens (primary N) is 1. The maximum absolute atomic E-state index is 12.5. The second kappa shape index (κ2) is 7.23. The Bertz CT molecular complexity index is 728. The van der Waals surface area contributed by atoms with Gasteiger partial charge in [-0.05, 0) is 52.3 Å². The average molecular weight is 421 g/mol. The molecule has 2 aromatic rings. The number of ether oxygens (including phenoxy) is 1. The van der Waals surface area contributed by atoms with Crippen molar-refractivity contribution >= 4 is 50.5 Å². The molecule has 128 valence electrons. The summed E-state index contributed by atoms with van der Waals surface area (Å²) in [5.41, 5.74) is 3.90. The lowest BCUT2D eigenvalue weighted by Gasteiger charge is -2.12. The monoisotopic (exact) mass is 419 g/mol. The van der Waals surface area contributed by atoms with E-state index in [0.29, 0.717) is 27.1 Å². The van der Waals surface area contributed by atoms with Gasteiger partial charge in [0.2, 0.25) is 0 Å². The first-order chi connectivity index (χ1) is 11.2. The molecule has 0 atom stereocenters. The van der Waals surface area contributed by atoms with Gasteiger partial charge >= 0.3 is 5.57 Å². The molecular formula is C15H13BrClF2N3O2. The van der Waals surface area contributed by atoms with Crippen LogP contribution in [-0.2, 0) is 0 Å². The molecule has 2 rings (SSSR count). The Kier molecular flexibility index (Phi) is 5.51. The van der Waals surface area contributed by atoms with Crippen LogP contribution in [-0.4, -0.2) is 18.5 Å². The van der Waals surface area contributed by atoms with E-state index in [1.807, 2.05) is 0 Å². The zero-order valence-electron chi connectivity index (χ0n) is 12.4. The van der Waals surface area contributed by atoms with Gasteiger partial charge in [0.05, 0.1) is 11.4 Å². The number of halogens is 4. The lowest BCUT2D eigenvalue weighted by atomic mass is 10.1. The fourth-order valence-electron chi connectivity index (χ4n) is 1.97. The molecule has 24 heavy (non-hydrogen) atoms. The van der Waals surface area contributed by atoms with Gasteiger partial charge in [0.15, 0.2) is 0 Å². The van der Waals surface area contributed by atoms with E-state index in [9.17, 15) is 13.6 Å². The van der Waals surface area contributed by atoms with Gasteiger partial charge in [-0.25, -0.2) is 0 Å². The summed E-state index contributed by atoms with van der Waals surface area (Å²) in [5.74, 6) is -0.528. The second-order valence-corrected chi connectivity index (χ2v) is 5.99. The number of rotatable bonds is 5. The van der Waals surface area contributed by atoms with Crippen LogP contribution in [0.1, 0.15) is 10.4 Å². The van der Waals surface area contributed by atoms with Crippen LogP contribution < -0.4 is 21.1 Å². The Balaban J connectivity index is 2.12. The van der Waals surface area contributed by atoms with Crippen molar-refractivity contribution in [2.45, 2.75) is 5.57 Å². The zero-order chi connectivity index (χ0) is 17.9. The maximum Gasteiger partial charge on any atom is 0.487 e. The molecule has 1 amide bonds. The Morgan fingerprint density at radius 2 is 1.92 bits per heavy atom. The fourth-order valence-corrected chi connectivity index (χ4v) is 2.73. The molecule has 0 aromatic heterocycles. The topological polar surface area (TPSA) is 76.4 Å². The molecule has 0 saturated carbocycles. The molecule has 0 aliphatic carbocycles. The quantitative estimate of drug-likeness (QED) is 0.492. The van der Waals surface area contributed by atoms with Crippen molar-refractivity contribution < 1.29 is 18.3 Å². The largest absolute Gasteiger partial charge is 0.487 e. The fraction of sp³-hybridized carbons (Fsp3) is 0.133. The predicted molar refractivity (Wildman–Crippen MR) is 93.9 cm³/mol. The highest BCUT2D eigenvalue weighted by Gasteiger charge is 2.27. The molecule has 0 spiro atoms. The zero-order valence-corrected chi connectivity index (χ0v) is 14.7. The van der Waals surface area contributed by atoms with Gasteiger partial charge in [0.1, 0.15) is 5.75 Å². The second-order valence-electron chi connectivity index (χ2n) is 4.70. The molecule has 0 bridgehead atoms. The predicted octanol–water partition coefficient (Wildman–Crippen LogP) is 4.49. The third-order valence-corrected chi connectivity index (χ3v) is 3.68. The Hall–Kier alpha value is -2.06. The van der Waals surface area contributed by atoms with Gasteiger partial charge in [-0.1, -0.05) is 0 Å². The molecule has 5 nitrogen and oxygen atoms in total. The number of alkyl halides is 3. The van der Waals surface area contributed by atoms with Gasteiger partial charge in [-0.15, -0.1) is 8.78 Å². The molecule has 0 fully saturated rings. The highest BCUT2D eigenvalue weighted by Crippen LogP contribution is 2.30. The Morgan fingerprint density at radius 1 is 1.29 bits per heavy atom. The summed E-state index contributed by atoms with van der Waals surface area (Å²) < 4.78 is 29.9. The van der Waals surface area contributed by atoms with Crippen LogP contribution in [0.4, 0.5) is 25.8 Å². The first-order valence-corrected chi connectivity index (χ1v) is 7.80. The summed E-state index contributed by atoms with van der Waals surface area (Å²) in [4.78, 5) is 12.3. The van der Waals surface area contributed by atoms with E-state index >= 15 is 0 Å². The van der Waals surface area contributed by atoms with Crippen LogP contribution in [0.5, 0.6) is 5.75 Å². The number of nitrogens with one attached hydrogen (secondary N) is 2. The van der Waals surface area contributed by atoms with E-state index in [0.717, 1.165) is 0 Å². The van der Waals surface area contributed by atoms with Crippen molar-refractivity contribution in [3.8, 4) is 5.75 Å². The highest BCUT2D eigenvalue weighted by atomic mass is 79.9. The number of benzene rings is 2. The number of anilines is 3. The minimum absolute atomic E-state index is 0.127. The highest BCUT2D eigenvalue weighted by molar-refractivity contribution is 9.10. The molecule has 4 N–H and O–H groups in total. The molecular weight excluding hydrogens is 408 g/mol. The standard InChI is InChI=1S/C15H13BrClF2N3O2/c1-21-13-11(16)6-8(7-12(13)20)14(23)22-9-2-4-10(5-3-9)24-15(17,18)19/h2-7,21H,20H2,1H3,(H,22,23). The van der Waals surface area contributed by atoms with Gasteiger partial charge in [0, 0.05) is 34.4 Å². The summed E-state index contributed by atoms with van der Waals surface area (Å²) >= 11 is 8.01. The number of carbonyl (C=O) groups excluding carboxylic acids is 1. The van der Waals surface area contributed by atoms with Crippen molar-refractivity contribution in [2.75, 3.05) is 23.4 Å². The minimum atomic E-state index is -3.79. The first kappa shape index (κ1) is 18.3. The minimum Gasteiger partial charge on any atom is -0.420 e. The molecule has 0 aliphatic rings. The summed E-state index contributed by atoms with van der Waals surface area (Å²) in [6, 6.07) is 8.49. The van der Waals surface area contributed by atoms with Crippen molar-refractivity contribution in [2.24, 2.45) is 0 Å². The summed E-state index contributed by atoms with van der Waals surface area (Å²) in [6.45, 7) is 0. The summed E-state index contributed by atoms with van der Waals surface area (Å²) in [7, 11) is 1.71. The molecule has 0 aliphatic heterocycles. The molecule has 0 unspecified atom stereocenters. The van der Waals surface area contributed by atoms with Crippen LogP contribution >= 0.6 is 27.5 Å². The molecule has 2 aromatic carbocycles. The Labute approximate surface area is 150 Å². The number of nitrogen functional groups attached to an aromatic ring is 1. The van der Waals surface area contributed by atoms with Gasteiger partial charge < -0.3 is 21.1 Å². The van der Waals surface area contributed by atoms with E-state index in [-0.39, 0.29) is 5.75 Å². The van der Waals surface area contributed by atoms with Crippen LogP contribution in [0.3, 0.4) is 0 Å². The van der Waals surface area contributed by atoms with Crippen molar-refractivity contribution in [3.05, 3.63) is 46.4 Å². The van der Waals surface area contributed by atoms with Crippen LogP contribution in [0.2, 0.25) is 0 Å². The van der Waals surface area contributed by atoms with Crippen LogP contribution in [0.25, 0.3) is 0 Å². The molecule has 0 heterocycles. The number of amides is 1. The van der Waals surface area contributed by atoms with Gasteiger partial charge in [-0.3, -0.25) is 4.79 Å². The SMILES string of the molecule is CNc1c(N)cc(C(=O)Nc2ccc(OC(F)(F)Cl)cc2)cc1Br. The van der Waals surface area contributed by atoms with Crippen molar-refractivity contribution in [3.63, 3.8) is 0 Å². The van der Waals surface area contributed by atoms with Gasteiger partial charge in [0.25, 0.3) is 5.91 Å². The third kappa shape index (κ3) is 4.72. The average Bonchev–Trinajstić information content (AvgIpc) is 2.47. The van der Waals surface area contributed by atoms with E-state index in [2.05, 4.69) is 42.9 Å². The summed E-state index contributed by atoms with van der Waals surface area (Å²) in [5, 5.41) is 5.54. The number of hydrogen-bond donors (Lipinski definition) is 3. The normalized spacial score (nSPS) is 11.0. The lowest BCUT2D eigenvalue weighted by molar-refractivity contribution is -0.0964. The Morgan fingerprint density at radius 3 is 2.42 bits per heavy atom. The van der Waals surface area contributed by atoms with Crippen molar-refractivity contribution in [1.29, 1.82) is 0 Å². The third-order valence-electron chi connectivity index (χ3n) is 2.98. The summed E-state index contributed by atoms with van der Waals surface area (Å²) in [6.07, 6.45) is 0. The van der Waals surface area contributed by atoms with Crippen LogP contribution in [0, 0.1) is 0 Å². The maximum atomic E-state index is 12.5. The van der Waals surface area contributed by atoms with Crippen molar-refractivity contribution in [1.82, 2.24) is 0 Å².